The van der Waals surface area contributed by atoms with Crippen molar-refractivity contribution < 1.29 is 14.1 Å². The number of rotatable bonds is 6. The highest BCUT2D eigenvalue weighted by Gasteiger charge is 2.39. The number of carbonyl (C=O) groups excluding carboxylic acids is 1. The largest absolute Gasteiger partial charge is 0.598 e. The van der Waals surface area contributed by atoms with Gasteiger partial charge in [0, 0.05) is 15.8 Å². The fraction of sp³-hybridized carbons (Fsp3) is 0.562. The standard InChI is InChI=1S/C16H24BrNO3S/c1-6-21-14(19)11-16(5,18-22(20)15(2,3)4)12-8-7-9-13(17)10-12/h7-10,18H,6,11H2,1-5H3/t16?,22-/m1/s1. The number of halogens is 1. The monoisotopic (exact) mass is 389 g/mol. The lowest BCUT2D eigenvalue weighted by molar-refractivity contribution is -0.144. The summed E-state index contributed by atoms with van der Waals surface area (Å²) < 4.78 is 21.2. The number of carbonyl (C=O) groups is 1. The van der Waals surface area contributed by atoms with Crippen LogP contribution in [0.15, 0.2) is 28.7 Å². The molecule has 0 aliphatic rings. The molecule has 1 N–H and O–H groups in total. The summed E-state index contributed by atoms with van der Waals surface area (Å²) in [5, 5.41) is 0. The lowest BCUT2D eigenvalue weighted by atomic mass is 9.90. The second kappa shape index (κ2) is 7.81. The molecule has 0 fully saturated rings. The van der Waals surface area contributed by atoms with Crippen molar-refractivity contribution in [1.29, 1.82) is 0 Å². The number of benzene rings is 1. The second-order valence-corrected chi connectivity index (χ2v) is 9.19. The first kappa shape index (κ1) is 19.5. The van der Waals surface area contributed by atoms with Crippen LogP contribution in [0.5, 0.6) is 0 Å². The summed E-state index contributed by atoms with van der Waals surface area (Å²) in [5.41, 5.74) is 0.112. The van der Waals surface area contributed by atoms with E-state index in [4.69, 9.17) is 4.74 Å². The average Bonchev–Trinajstić information content (AvgIpc) is 2.37. The molecule has 0 bridgehead atoms. The first-order valence-corrected chi connectivity index (χ1v) is 9.14. The van der Waals surface area contributed by atoms with Crippen molar-refractivity contribution in [3.8, 4) is 0 Å². The van der Waals surface area contributed by atoms with E-state index in [-0.39, 0.29) is 12.4 Å². The van der Waals surface area contributed by atoms with E-state index >= 15 is 0 Å². The van der Waals surface area contributed by atoms with E-state index in [0.29, 0.717) is 6.61 Å². The van der Waals surface area contributed by atoms with Crippen LogP contribution in [-0.2, 0) is 26.4 Å². The molecule has 4 nitrogen and oxygen atoms in total. The van der Waals surface area contributed by atoms with E-state index in [1.165, 1.54) is 0 Å². The zero-order chi connectivity index (χ0) is 17.0. The smallest absolute Gasteiger partial charge is 0.308 e. The molecule has 0 heterocycles. The summed E-state index contributed by atoms with van der Waals surface area (Å²) in [7, 11) is 0. The van der Waals surface area contributed by atoms with E-state index in [1.54, 1.807) is 6.92 Å². The summed E-state index contributed by atoms with van der Waals surface area (Å²) in [6.07, 6.45) is 0.110. The Morgan fingerprint density at radius 2 is 2.00 bits per heavy atom. The number of esters is 1. The normalized spacial score (nSPS) is 16.0. The second-order valence-electron chi connectivity index (χ2n) is 6.31. The van der Waals surface area contributed by atoms with Crippen LogP contribution in [-0.4, -0.2) is 21.9 Å². The SMILES string of the molecule is CCOC(=O)CC(C)(N[S@+]([O-])C(C)(C)C)c1cccc(Br)c1. The van der Waals surface area contributed by atoms with Gasteiger partial charge in [0.15, 0.2) is 0 Å². The third-order valence-electron chi connectivity index (χ3n) is 3.14. The van der Waals surface area contributed by atoms with Crippen LogP contribution in [0.25, 0.3) is 0 Å². The molecule has 1 aromatic carbocycles. The molecule has 0 saturated carbocycles. The van der Waals surface area contributed by atoms with Crippen molar-refractivity contribution in [2.75, 3.05) is 6.61 Å². The van der Waals surface area contributed by atoms with Crippen LogP contribution < -0.4 is 4.72 Å². The van der Waals surface area contributed by atoms with Crippen molar-refractivity contribution in [2.45, 2.75) is 51.3 Å². The van der Waals surface area contributed by atoms with Gasteiger partial charge in [-0.25, -0.2) is 0 Å². The molecule has 1 unspecified atom stereocenters. The Hall–Kier alpha value is -0.560. The molecule has 1 aromatic rings. The Morgan fingerprint density at radius 1 is 1.36 bits per heavy atom. The van der Waals surface area contributed by atoms with Gasteiger partial charge in [-0.05, 0) is 52.3 Å². The molecule has 0 spiro atoms. The molecule has 6 heteroatoms. The molecule has 124 valence electrons. The van der Waals surface area contributed by atoms with Crippen LogP contribution in [0.2, 0.25) is 0 Å². The Labute approximate surface area is 144 Å². The Bertz CT molecular complexity index is 518. The van der Waals surface area contributed by atoms with Gasteiger partial charge < -0.3 is 9.29 Å². The lowest BCUT2D eigenvalue weighted by Crippen LogP contribution is -2.51. The third kappa shape index (κ3) is 5.57. The fourth-order valence-corrected chi connectivity index (χ4v) is 3.19. The number of ether oxygens (including phenoxy) is 1. The average molecular weight is 390 g/mol. The maximum Gasteiger partial charge on any atom is 0.308 e. The van der Waals surface area contributed by atoms with Crippen LogP contribution >= 0.6 is 15.9 Å². The first-order chi connectivity index (χ1) is 10.1. The summed E-state index contributed by atoms with van der Waals surface area (Å²) in [4.78, 5) is 12.0. The molecular formula is C16H24BrNO3S. The highest BCUT2D eigenvalue weighted by atomic mass is 79.9. The van der Waals surface area contributed by atoms with Crippen molar-refractivity contribution in [3.63, 3.8) is 0 Å². The lowest BCUT2D eigenvalue weighted by Gasteiger charge is -2.34. The molecule has 22 heavy (non-hydrogen) atoms. The molecule has 0 aliphatic heterocycles. The molecule has 1 rings (SSSR count). The molecular weight excluding hydrogens is 366 g/mol. The topological polar surface area (TPSA) is 61.4 Å². The predicted molar refractivity (Wildman–Crippen MR) is 93.8 cm³/mol. The minimum Gasteiger partial charge on any atom is -0.598 e. The minimum absolute atomic E-state index is 0.110. The number of hydrogen-bond acceptors (Lipinski definition) is 4. The van der Waals surface area contributed by atoms with E-state index in [1.807, 2.05) is 52.0 Å². The quantitative estimate of drug-likeness (QED) is 0.595. The predicted octanol–water partition coefficient (Wildman–Crippen LogP) is 3.67. The van der Waals surface area contributed by atoms with E-state index in [0.717, 1.165) is 10.0 Å². The van der Waals surface area contributed by atoms with E-state index in [9.17, 15) is 9.35 Å². The third-order valence-corrected chi connectivity index (χ3v) is 5.38. The van der Waals surface area contributed by atoms with Crippen molar-refractivity contribution in [2.24, 2.45) is 0 Å². The minimum atomic E-state index is -1.31. The van der Waals surface area contributed by atoms with Gasteiger partial charge in [0.25, 0.3) is 0 Å². The van der Waals surface area contributed by atoms with Crippen molar-refractivity contribution in [1.82, 2.24) is 4.72 Å². The molecule has 0 aliphatic carbocycles. The van der Waals surface area contributed by atoms with Crippen molar-refractivity contribution in [3.05, 3.63) is 34.3 Å². The Kier molecular flexibility index (Phi) is 6.92. The Balaban J connectivity index is 3.11. The number of hydrogen-bond donors (Lipinski definition) is 1. The van der Waals surface area contributed by atoms with E-state index < -0.39 is 21.6 Å². The molecule has 0 amide bonds. The van der Waals surface area contributed by atoms with Gasteiger partial charge in [-0.15, -0.1) is 4.72 Å². The zero-order valence-corrected chi connectivity index (χ0v) is 16.1. The van der Waals surface area contributed by atoms with Gasteiger partial charge in [-0.3, -0.25) is 4.79 Å². The zero-order valence-electron chi connectivity index (χ0n) is 13.7. The maximum absolute atomic E-state index is 12.5. The molecule has 2 atom stereocenters. The van der Waals surface area contributed by atoms with Crippen molar-refractivity contribution >= 4 is 33.3 Å². The summed E-state index contributed by atoms with van der Waals surface area (Å²) in [6, 6.07) is 7.64. The van der Waals surface area contributed by atoms with Gasteiger partial charge in [-0.1, -0.05) is 28.1 Å². The van der Waals surface area contributed by atoms with Gasteiger partial charge >= 0.3 is 5.97 Å². The van der Waals surface area contributed by atoms with Gasteiger partial charge in [-0.2, -0.15) is 0 Å². The van der Waals surface area contributed by atoms with Gasteiger partial charge in [0.1, 0.15) is 4.75 Å². The highest BCUT2D eigenvalue weighted by Crippen LogP contribution is 2.30. The first-order valence-electron chi connectivity index (χ1n) is 7.20. The Morgan fingerprint density at radius 3 is 2.50 bits per heavy atom. The van der Waals surface area contributed by atoms with Crippen LogP contribution in [0, 0.1) is 0 Å². The molecule has 0 aromatic heterocycles. The molecule has 0 saturated heterocycles. The summed E-state index contributed by atoms with van der Waals surface area (Å²) >= 11 is 2.13. The van der Waals surface area contributed by atoms with Gasteiger partial charge in [0.2, 0.25) is 0 Å². The van der Waals surface area contributed by atoms with Crippen LogP contribution in [0.1, 0.15) is 46.6 Å². The highest BCUT2D eigenvalue weighted by molar-refractivity contribution is 9.10. The van der Waals surface area contributed by atoms with Crippen LogP contribution in [0.4, 0.5) is 0 Å². The number of nitrogens with one attached hydrogen (secondary N) is 1. The van der Waals surface area contributed by atoms with Gasteiger partial charge in [0.05, 0.1) is 18.6 Å². The fourth-order valence-electron chi connectivity index (χ4n) is 1.89. The summed E-state index contributed by atoms with van der Waals surface area (Å²) in [5.74, 6) is -0.316. The maximum atomic E-state index is 12.5. The van der Waals surface area contributed by atoms with E-state index in [2.05, 4.69) is 20.7 Å². The molecule has 0 radical (unpaired) electrons. The van der Waals surface area contributed by atoms with Crippen LogP contribution in [0.3, 0.4) is 0 Å². The summed E-state index contributed by atoms with van der Waals surface area (Å²) in [6.45, 7) is 9.64.